The van der Waals surface area contributed by atoms with Crippen molar-refractivity contribution in [1.82, 2.24) is 0 Å². The van der Waals surface area contributed by atoms with Gasteiger partial charge in [-0.2, -0.15) is 13.2 Å². The Labute approximate surface area is 70.9 Å². The van der Waals surface area contributed by atoms with E-state index in [-0.39, 0.29) is 4.48 Å². The molecule has 0 aromatic heterocycles. The van der Waals surface area contributed by atoms with E-state index in [0.29, 0.717) is 12.8 Å². The van der Waals surface area contributed by atoms with E-state index in [2.05, 4.69) is 15.9 Å². The zero-order valence-corrected chi connectivity index (χ0v) is 7.17. The number of halogens is 4. The van der Waals surface area contributed by atoms with Crippen molar-refractivity contribution in [2.75, 3.05) is 0 Å². The van der Waals surface area contributed by atoms with Gasteiger partial charge in [-0.05, 0) is 12.8 Å². The highest BCUT2D eigenvalue weighted by atomic mass is 79.9. The first kappa shape index (κ1) is 8.84. The first-order valence-electron chi connectivity index (χ1n) is 3.14. The first-order valence-corrected chi connectivity index (χ1v) is 3.93. The van der Waals surface area contributed by atoms with Gasteiger partial charge in [-0.25, -0.2) is 0 Å². The van der Waals surface area contributed by atoms with Crippen LogP contribution in [-0.2, 0) is 0 Å². The molecule has 11 heavy (non-hydrogen) atoms. The average molecular weight is 227 g/mol. The standard InChI is InChI=1S/C7H6BrF3/c8-6-4-2-1-3-5(6)7(9,10)11/h1,3H,2,4H2. The van der Waals surface area contributed by atoms with Gasteiger partial charge in [0.1, 0.15) is 0 Å². The third-order valence-corrected chi connectivity index (χ3v) is 2.24. The summed E-state index contributed by atoms with van der Waals surface area (Å²) in [6.07, 6.45) is -0.428. The maximum Gasteiger partial charge on any atom is 0.417 e. The van der Waals surface area contributed by atoms with Crippen LogP contribution in [0.5, 0.6) is 0 Å². The predicted molar refractivity (Wildman–Crippen MR) is 40.4 cm³/mol. The summed E-state index contributed by atoms with van der Waals surface area (Å²) in [6, 6.07) is 0. The second kappa shape index (κ2) is 3.01. The molecule has 1 rings (SSSR count). The molecule has 0 nitrogen and oxygen atoms in total. The van der Waals surface area contributed by atoms with E-state index in [1.165, 1.54) is 6.08 Å². The quantitative estimate of drug-likeness (QED) is 0.593. The van der Waals surface area contributed by atoms with E-state index in [0.717, 1.165) is 6.08 Å². The van der Waals surface area contributed by atoms with Gasteiger partial charge in [-0.1, -0.05) is 28.1 Å². The fourth-order valence-electron chi connectivity index (χ4n) is 0.885. The van der Waals surface area contributed by atoms with Gasteiger partial charge in [0, 0.05) is 4.48 Å². The smallest absolute Gasteiger partial charge is 0.166 e. The summed E-state index contributed by atoms with van der Waals surface area (Å²) in [5, 5.41) is 0. The van der Waals surface area contributed by atoms with E-state index in [4.69, 9.17) is 0 Å². The molecule has 0 N–H and O–H groups in total. The van der Waals surface area contributed by atoms with Crippen LogP contribution in [-0.4, -0.2) is 6.18 Å². The van der Waals surface area contributed by atoms with Gasteiger partial charge in [0.2, 0.25) is 0 Å². The molecule has 0 aromatic rings. The van der Waals surface area contributed by atoms with Crippen molar-refractivity contribution in [2.24, 2.45) is 0 Å². The number of hydrogen-bond acceptors (Lipinski definition) is 0. The lowest BCUT2D eigenvalue weighted by Gasteiger charge is -2.13. The van der Waals surface area contributed by atoms with E-state index < -0.39 is 11.7 Å². The Balaban J connectivity index is 2.93. The van der Waals surface area contributed by atoms with Crippen molar-refractivity contribution in [3.63, 3.8) is 0 Å². The Morgan fingerprint density at radius 3 is 2.36 bits per heavy atom. The summed E-state index contributed by atoms with van der Waals surface area (Å²) >= 11 is 2.90. The molecule has 0 saturated heterocycles. The molecule has 0 atom stereocenters. The molecule has 62 valence electrons. The summed E-state index contributed by atoms with van der Waals surface area (Å²) in [4.78, 5) is 0. The van der Waals surface area contributed by atoms with E-state index in [9.17, 15) is 13.2 Å². The zero-order valence-electron chi connectivity index (χ0n) is 5.58. The molecule has 0 aliphatic heterocycles. The molecule has 0 unspecified atom stereocenters. The van der Waals surface area contributed by atoms with Gasteiger partial charge < -0.3 is 0 Å². The van der Waals surface area contributed by atoms with Crippen LogP contribution in [0.2, 0.25) is 0 Å². The molecule has 4 heteroatoms. The normalized spacial score (nSPS) is 19.3. The van der Waals surface area contributed by atoms with Crippen LogP contribution in [0.25, 0.3) is 0 Å². The molecular weight excluding hydrogens is 221 g/mol. The van der Waals surface area contributed by atoms with Crippen LogP contribution >= 0.6 is 15.9 Å². The van der Waals surface area contributed by atoms with Crippen molar-refractivity contribution < 1.29 is 13.2 Å². The number of alkyl halides is 3. The molecule has 0 spiro atoms. The van der Waals surface area contributed by atoms with E-state index in [1.807, 2.05) is 0 Å². The summed E-state index contributed by atoms with van der Waals surface area (Å²) in [5.41, 5.74) is -0.552. The van der Waals surface area contributed by atoms with Gasteiger partial charge >= 0.3 is 6.18 Å². The maximum atomic E-state index is 12.1. The molecule has 0 amide bonds. The Hall–Kier alpha value is -0.250. The Kier molecular flexibility index (Phi) is 2.42. The van der Waals surface area contributed by atoms with Crippen molar-refractivity contribution >= 4 is 15.9 Å². The van der Waals surface area contributed by atoms with Gasteiger partial charge in [-0.3, -0.25) is 0 Å². The maximum absolute atomic E-state index is 12.1. The second-order valence-electron chi connectivity index (χ2n) is 2.26. The topological polar surface area (TPSA) is 0 Å². The van der Waals surface area contributed by atoms with Crippen molar-refractivity contribution in [2.45, 2.75) is 19.0 Å². The highest BCUT2D eigenvalue weighted by Gasteiger charge is 2.34. The molecule has 0 aromatic carbocycles. The van der Waals surface area contributed by atoms with Crippen LogP contribution < -0.4 is 0 Å². The van der Waals surface area contributed by atoms with Crippen LogP contribution in [0.15, 0.2) is 22.2 Å². The lowest BCUT2D eigenvalue weighted by molar-refractivity contribution is -0.0887. The van der Waals surface area contributed by atoms with Crippen LogP contribution in [0, 0.1) is 0 Å². The largest absolute Gasteiger partial charge is 0.417 e. The molecule has 1 aliphatic carbocycles. The third kappa shape index (κ3) is 2.09. The van der Waals surface area contributed by atoms with Crippen molar-refractivity contribution in [3.8, 4) is 0 Å². The number of rotatable bonds is 0. The number of allylic oxidation sites excluding steroid dienone is 4. The minimum absolute atomic E-state index is 0.257. The molecule has 0 heterocycles. The Morgan fingerprint density at radius 1 is 1.36 bits per heavy atom. The highest BCUT2D eigenvalue weighted by Crippen LogP contribution is 2.35. The zero-order chi connectivity index (χ0) is 8.48. The monoisotopic (exact) mass is 226 g/mol. The Morgan fingerprint density at radius 2 is 2.00 bits per heavy atom. The predicted octanol–water partition coefficient (Wildman–Crippen LogP) is 3.55. The van der Waals surface area contributed by atoms with Crippen molar-refractivity contribution in [1.29, 1.82) is 0 Å². The molecular formula is C7H6BrF3. The summed E-state index contributed by atoms with van der Waals surface area (Å²) in [7, 11) is 0. The van der Waals surface area contributed by atoms with E-state index in [1.54, 1.807) is 0 Å². The fraction of sp³-hybridized carbons (Fsp3) is 0.429. The highest BCUT2D eigenvalue weighted by molar-refractivity contribution is 9.11. The molecule has 0 radical (unpaired) electrons. The van der Waals surface area contributed by atoms with Crippen LogP contribution in [0.3, 0.4) is 0 Å². The SMILES string of the molecule is FC(F)(F)C1=C(Br)CCC=C1. The van der Waals surface area contributed by atoms with Gasteiger partial charge in [0.15, 0.2) is 0 Å². The third-order valence-electron chi connectivity index (χ3n) is 1.41. The lowest BCUT2D eigenvalue weighted by atomic mass is 10.1. The van der Waals surface area contributed by atoms with Gasteiger partial charge in [0.25, 0.3) is 0 Å². The Bertz CT molecular complexity index is 212. The summed E-state index contributed by atoms with van der Waals surface area (Å²) in [6.45, 7) is 0. The molecule has 0 fully saturated rings. The van der Waals surface area contributed by atoms with E-state index >= 15 is 0 Å². The number of hydrogen-bond donors (Lipinski definition) is 0. The molecule has 0 bridgehead atoms. The van der Waals surface area contributed by atoms with Gasteiger partial charge in [-0.15, -0.1) is 0 Å². The fourth-order valence-corrected chi connectivity index (χ4v) is 1.47. The minimum Gasteiger partial charge on any atom is -0.166 e. The second-order valence-corrected chi connectivity index (χ2v) is 3.21. The van der Waals surface area contributed by atoms with Gasteiger partial charge in [0.05, 0.1) is 5.57 Å². The van der Waals surface area contributed by atoms with Crippen LogP contribution in [0.4, 0.5) is 13.2 Å². The first-order chi connectivity index (χ1) is 5.02. The minimum atomic E-state index is -4.21. The van der Waals surface area contributed by atoms with Crippen LogP contribution in [0.1, 0.15) is 12.8 Å². The summed E-state index contributed by atoms with van der Waals surface area (Å²) in [5.74, 6) is 0. The average Bonchev–Trinajstić information content (AvgIpc) is 1.86. The van der Waals surface area contributed by atoms with Crippen molar-refractivity contribution in [3.05, 3.63) is 22.2 Å². The lowest BCUT2D eigenvalue weighted by Crippen LogP contribution is -2.12. The molecule has 0 saturated carbocycles. The summed E-state index contributed by atoms with van der Waals surface area (Å²) < 4.78 is 36.4. The molecule has 1 aliphatic rings.